The van der Waals surface area contributed by atoms with Crippen LogP contribution in [0.4, 0.5) is 5.69 Å². The number of aromatic nitrogens is 1. The molecule has 1 atom stereocenters. The predicted molar refractivity (Wildman–Crippen MR) is 132 cm³/mol. The number of nitrogens with two attached hydrogens (primary N) is 1. The predicted octanol–water partition coefficient (Wildman–Crippen LogP) is 4.17. The van der Waals surface area contributed by atoms with E-state index in [4.69, 9.17) is 5.73 Å². The molecular formula is C22H25N3O2S3. The van der Waals surface area contributed by atoms with Gasteiger partial charge in [-0.1, -0.05) is 42.5 Å². The minimum Gasteiger partial charge on any atom is -0.398 e. The van der Waals surface area contributed by atoms with Gasteiger partial charge in [-0.15, -0.1) is 11.3 Å². The fraction of sp³-hybridized carbons (Fsp3) is 0.227. The lowest BCUT2D eigenvalue weighted by molar-refractivity contribution is -0.120. The summed E-state index contributed by atoms with van der Waals surface area (Å²) >= 11 is 3.10. The number of thiazole rings is 1. The number of thioether (sulfide) groups is 1. The van der Waals surface area contributed by atoms with Gasteiger partial charge in [-0.25, -0.2) is 4.98 Å². The van der Waals surface area contributed by atoms with Crippen molar-refractivity contribution in [3.8, 4) is 11.3 Å². The lowest BCUT2D eigenvalue weighted by atomic mass is 10.1. The molecule has 3 rings (SSSR count). The van der Waals surface area contributed by atoms with Gasteiger partial charge in [-0.05, 0) is 30.6 Å². The number of Topliss-reactive ketones (excluding diaryl/α,β-unsaturated/α-hetero) is 1. The number of para-hydroxylation sites is 1. The minimum absolute atomic E-state index is 0. The zero-order chi connectivity index (χ0) is 20.6. The Morgan fingerprint density at radius 2 is 1.83 bits per heavy atom. The molecule has 2 aromatic carbocycles. The first kappa shape index (κ1) is 24.0. The summed E-state index contributed by atoms with van der Waals surface area (Å²) in [6.07, 6.45) is 2.74. The zero-order valence-corrected chi connectivity index (χ0v) is 19.3. The lowest BCUT2D eigenvalue weighted by Gasteiger charge is -2.17. The highest BCUT2D eigenvalue weighted by molar-refractivity contribution is 7.98. The Balaban J connectivity index is 0.00000320. The van der Waals surface area contributed by atoms with E-state index in [2.05, 4.69) is 10.3 Å². The Bertz CT molecular complexity index is 977. The molecular weight excluding hydrogens is 434 g/mol. The van der Waals surface area contributed by atoms with Crippen LogP contribution in [0.3, 0.4) is 0 Å². The molecule has 0 bridgehead atoms. The van der Waals surface area contributed by atoms with Crippen LogP contribution in [0.5, 0.6) is 0 Å². The third kappa shape index (κ3) is 6.35. The van der Waals surface area contributed by atoms with Crippen molar-refractivity contribution < 1.29 is 9.59 Å². The molecule has 0 aliphatic rings. The third-order valence-corrected chi connectivity index (χ3v) is 5.95. The van der Waals surface area contributed by atoms with Gasteiger partial charge in [-0.2, -0.15) is 25.3 Å². The van der Waals surface area contributed by atoms with E-state index < -0.39 is 6.04 Å². The summed E-state index contributed by atoms with van der Waals surface area (Å²) in [5.41, 5.74) is 8.56. The number of carbonyl (C=O) groups is 2. The molecule has 0 fully saturated rings. The largest absolute Gasteiger partial charge is 0.398 e. The van der Waals surface area contributed by atoms with Crippen LogP contribution in [0.15, 0.2) is 60.0 Å². The molecule has 3 N–H and O–H groups in total. The highest BCUT2D eigenvalue weighted by Crippen LogP contribution is 2.22. The summed E-state index contributed by atoms with van der Waals surface area (Å²) in [6.45, 7) is 0. The standard InChI is InChI=1S/C22H23N3O2S2.H2S/c1-28-12-11-18(25-22(27)16-9-5-6-10-17(16)23)20(26)13-21-24-19(14-29-21)15-7-3-2-4-8-15;/h2-10,14,18H,11-13,23H2,1H3,(H,25,27);1H2/t18-;/m0./s1. The van der Waals surface area contributed by atoms with Crippen LogP contribution >= 0.6 is 36.6 Å². The van der Waals surface area contributed by atoms with Gasteiger partial charge in [0.05, 0.1) is 23.7 Å². The number of nitrogens with zero attached hydrogens (tertiary/aromatic N) is 1. The normalized spacial score (nSPS) is 11.4. The Kier molecular flexibility index (Phi) is 9.42. The molecule has 8 heteroatoms. The molecule has 1 heterocycles. The summed E-state index contributed by atoms with van der Waals surface area (Å²) in [4.78, 5) is 30.1. The first-order chi connectivity index (χ1) is 14.1. The first-order valence-corrected chi connectivity index (χ1v) is 11.5. The molecule has 0 saturated heterocycles. The smallest absolute Gasteiger partial charge is 0.253 e. The molecule has 1 aromatic heterocycles. The molecule has 30 heavy (non-hydrogen) atoms. The van der Waals surface area contributed by atoms with E-state index >= 15 is 0 Å². The average Bonchev–Trinajstić information content (AvgIpc) is 3.20. The van der Waals surface area contributed by atoms with Crippen molar-refractivity contribution in [3.05, 3.63) is 70.5 Å². The van der Waals surface area contributed by atoms with Crippen LogP contribution in [-0.4, -0.2) is 34.7 Å². The van der Waals surface area contributed by atoms with E-state index in [1.807, 2.05) is 42.0 Å². The summed E-state index contributed by atoms with van der Waals surface area (Å²) < 4.78 is 0. The number of hydrogen-bond acceptors (Lipinski definition) is 6. The van der Waals surface area contributed by atoms with Gasteiger partial charge in [0, 0.05) is 16.6 Å². The van der Waals surface area contributed by atoms with Crippen molar-refractivity contribution in [2.24, 2.45) is 0 Å². The molecule has 1 amide bonds. The monoisotopic (exact) mass is 459 g/mol. The number of ketones is 1. The Morgan fingerprint density at radius 1 is 1.13 bits per heavy atom. The number of carbonyl (C=O) groups excluding carboxylic acids is 2. The van der Waals surface area contributed by atoms with Gasteiger partial charge in [0.25, 0.3) is 5.91 Å². The van der Waals surface area contributed by atoms with Gasteiger partial charge in [-0.3, -0.25) is 9.59 Å². The number of amides is 1. The number of benzene rings is 2. The van der Waals surface area contributed by atoms with E-state index in [1.54, 1.807) is 36.0 Å². The summed E-state index contributed by atoms with van der Waals surface area (Å²) in [6, 6.07) is 16.2. The summed E-state index contributed by atoms with van der Waals surface area (Å²) in [5.74, 6) is 0.399. The Morgan fingerprint density at radius 3 is 2.53 bits per heavy atom. The number of nitrogens with one attached hydrogen (secondary N) is 1. The van der Waals surface area contributed by atoms with Crippen molar-refractivity contribution in [1.82, 2.24) is 10.3 Å². The van der Waals surface area contributed by atoms with Crippen LogP contribution in [0.25, 0.3) is 11.3 Å². The van der Waals surface area contributed by atoms with Crippen LogP contribution in [-0.2, 0) is 11.2 Å². The zero-order valence-electron chi connectivity index (χ0n) is 16.6. The highest BCUT2D eigenvalue weighted by Gasteiger charge is 2.23. The van der Waals surface area contributed by atoms with Crippen molar-refractivity contribution in [2.45, 2.75) is 18.9 Å². The van der Waals surface area contributed by atoms with Crippen molar-refractivity contribution >= 4 is 54.0 Å². The summed E-state index contributed by atoms with van der Waals surface area (Å²) in [7, 11) is 0. The van der Waals surface area contributed by atoms with Crippen molar-refractivity contribution in [1.29, 1.82) is 0 Å². The SMILES string of the molecule is CSCC[C@H](NC(=O)c1ccccc1N)C(=O)Cc1nc(-c2ccccc2)cs1.S. The topological polar surface area (TPSA) is 85.1 Å². The highest BCUT2D eigenvalue weighted by atomic mass is 32.2. The number of rotatable bonds is 9. The van der Waals surface area contributed by atoms with Crippen LogP contribution < -0.4 is 11.1 Å². The van der Waals surface area contributed by atoms with Gasteiger partial charge in [0.2, 0.25) is 0 Å². The maximum absolute atomic E-state index is 12.9. The molecule has 158 valence electrons. The van der Waals surface area contributed by atoms with Gasteiger partial charge >= 0.3 is 0 Å². The molecule has 0 saturated carbocycles. The molecule has 0 unspecified atom stereocenters. The molecule has 0 aliphatic carbocycles. The number of hydrogen-bond donors (Lipinski definition) is 2. The average molecular weight is 460 g/mol. The van der Waals surface area contributed by atoms with Crippen molar-refractivity contribution in [3.63, 3.8) is 0 Å². The van der Waals surface area contributed by atoms with Crippen LogP contribution in [0, 0.1) is 0 Å². The fourth-order valence-electron chi connectivity index (χ4n) is 2.89. The maximum Gasteiger partial charge on any atom is 0.253 e. The first-order valence-electron chi connectivity index (χ1n) is 9.25. The van der Waals surface area contributed by atoms with E-state index in [0.717, 1.165) is 22.0 Å². The number of anilines is 1. The molecule has 5 nitrogen and oxygen atoms in total. The van der Waals surface area contributed by atoms with Crippen LogP contribution in [0.1, 0.15) is 21.8 Å². The van der Waals surface area contributed by atoms with E-state index in [9.17, 15) is 9.59 Å². The fourth-order valence-corrected chi connectivity index (χ4v) is 4.18. The lowest BCUT2D eigenvalue weighted by Crippen LogP contribution is -2.42. The minimum atomic E-state index is -0.571. The second kappa shape index (κ2) is 11.8. The summed E-state index contributed by atoms with van der Waals surface area (Å²) in [5, 5.41) is 5.57. The Hall–Kier alpha value is -2.29. The maximum atomic E-state index is 12.9. The molecule has 3 aromatic rings. The Labute approximate surface area is 191 Å². The third-order valence-electron chi connectivity index (χ3n) is 4.46. The van der Waals surface area contributed by atoms with Crippen LogP contribution in [0.2, 0.25) is 0 Å². The van der Waals surface area contributed by atoms with E-state index in [0.29, 0.717) is 17.7 Å². The molecule has 0 radical (unpaired) electrons. The van der Waals surface area contributed by atoms with E-state index in [1.165, 1.54) is 11.3 Å². The molecule has 0 spiro atoms. The quantitative estimate of drug-likeness (QED) is 0.469. The number of nitrogen functional groups attached to an aromatic ring is 1. The van der Waals surface area contributed by atoms with E-state index in [-0.39, 0.29) is 31.6 Å². The van der Waals surface area contributed by atoms with Gasteiger partial charge in [0.15, 0.2) is 5.78 Å². The van der Waals surface area contributed by atoms with Gasteiger partial charge in [0.1, 0.15) is 5.01 Å². The van der Waals surface area contributed by atoms with Gasteiger partial charge < -0.3 is 11.1 Å². The second-order valence-electron chi connectivity index (χ2n) is 6.53. The second-order valence-corrected chi connectivity index (χ2v) is 8.46. The van der Waals surface area contributed by atoms with Crippen molar-refractivity contribution in [2.75, 3.05) is 17.7 Å². The molecule has 0 aliphatic heterocycles.